The molecule has 6 heteroatoms. The molecule has 0 heterocycles. The van der Waals surface area contributed by atoms with Crippen LogP contribution in [-0.4, -0.2) is 10.2 Å². The Morgan fingerprint density at radius 1 is 0.345 bits per heavy atom. The Labute approximate surface area is 383 Å². The Kier molecular flexibility index (Phi) is 15.5. The maximum atomic E-state index is 10.3. The second-order valence-corrected chi connectivity index (χ2v) is 14.1. The molecule has 0 fully saturated rings. The standard InChI is InChI=1S/2C26H20O.2ClH.2Ti/c2*27-17-25-21-12-6-4-10-19(21)14-15-23(25)26-22-13-7-5-11-20(22)16-24(26)18-8-2-1-3-9-18;;;;/h2*1-16,26-27H,17H2;2*1H;;/p-2. The number of fused-ring (bicyclic) bond motifs is 4. The number of aliphatic hydroxyl groups excluding tert-OH is 2. The minimum absolute atomic E-state index is 0. The number of hydrogen-bond acceptors (Lipinski definition) is 2. The van der Waals surface area contributed by atoms with Crippen LogP contribution in [0.15, 0.2) is 182 Å². The summed E-state index contributed by atoms with van der Waals surface area (Å²) in [5, 5.41) is 25.1. The number of aliphatic hydroxyl groups is 2. The summed E-state index contributed by atoms with van der Waals surface area (Å²) in [5.74, 6) is 0.269. The van der Waals surface area contributed by atoms with Crippen molar-refractivity contribution in [3.63, 3.8) is 0 Å². The van der Waals surface area contributed by atoms with Crippen LogP contribution in [0.1, 0.15) is 67.5 Å². The predicted molar refractivity (Wildman–Crippen MR) is 225 cm³/mol. The van der Waals surface area contributed by atoms with Crippen LogP contribution < -0.4 is 24.8 Å². The van der Waals surface area contributed by atoms with Gasteiger partial charge in [0.15, 0.2) is 0 Å². The third-order valence-corrected chi connectivity index (χ3v) is 11.2. The maximum absolute atomic E-state index is 10.3. The van der Waals surface area contributed by atoms with Crippen LogP contribution in [0.5, 0.6) is 0 Å². The number of hydrogen-bond donors (Lipinski definition) is 2. The van der Waals surface area contributed by atoms with E-state index in [1.165, 1.54) is 66.4 Å². The van der Waals surface area contributed by atoms with Gasteiger partial charge in [-0.1, -0.05) is 182 Å². The topological polar surface area (TPSA) is 40.5 Å². The quantitative estimate of drug-likeness (QED) is 0.201. The normalized spacial score (nSPS) is 14.5. The third-order valence-electron chi connectivity index (χ3n) is 11.2. The van der Waals surface area contributed by atoms with Gasteiger partial charge < -0.3 is 35.0 Å². The van der Waals surface area contributed by atoms with Gasteiger partial charge in [-0.2, -0.15) is 0 Å². The first-order valence-corrected chi connectivity index (χ1v) is 18.7. The Bertz CT molecular complexity index is 2520. The minimum atomic E-state index is 0. The van der Waals surface area contributed by atoms with Gasteiger partial charge in [0.2, 0.25) is 0 Å². The number of halogens is 2. The molecule has 0 radical (unpaired) electrons. The average molecular weight is 864 g/mol. The van der Waals surface area contributed by atoms with Gasteiger partial charge in [0.25, 0.3) is 0 Å². The first kappa shape index (κ1) is 44.8. The van der Waals surface area contributed by atoms with Gasteiger partial charge in [0.1, 0.15) is 0 Å². The molecule has 8 aromatic rings. The van der Waals surface area contributed by atoms with Crippen LogP contribution in [0.25, 0.3) is 44.8 Å². The van der Waals surface area contributed by atoms with Crippen LogP contribution in [0.3, 0.4) is 0 Å². The minimum Gasteiger partial charge on any atom is -1.00 e. The van der Waals surface area contributed by atoms with E-state index in [2.05, 4.69) is 170 Å². The molecule has 0 bridgehead atoms. The molecule has 2 N–H and O–H groups in total. The molecule has 2 aliphatic rings. The van der Waals surface area contributed by atoms with E-state index in [0.29, 0.717) is 0 Å². The van der Waals surface area contributed by atoms with Crippen molar-refractivity contribution in [2.45, 2.75) is 25.0 Å². The molecule has 0 amide bonds. The summed E-state index contributed by atoms with van der Waals surface area (Å²) >= 11 is 0. The summed E-state index contributed by atoms with van der Waals surface area (Å²) in [6.07, 6.45) is 4.59. The molecular formula is C52H40Cl2O2Ti2-2. The summed E-state index contributed by atoms with van der Waals surface area (Å²) in [6.45, 7) is 0.0782. The molecule has 0 saturated heterocycles. The molecule has 2 atom stereocenters. The Hall–Kier alpha value is -4.31. The molecule has 284 valence electrons. The van der Waals surface area contributed by atoms with E-state index in [1.807, 2.05) is 24.3 Å². The fraction of sp³-hybridized carbons (Fsp3) is 0.0769. The molecule has 0 aliphatic heterocycles. The first-order chi connectivity index (χ1) is 26.7. The fourth-order valence-corrected chi connectivity index (χ4v) is 8.68. The van der Waals surface area contributed by atoms with Gasteiger partial charge >= 0.3 is 0 Å². The molecule has 2 nitrogen and oxygen atoms in total. The summed E-state index contributed by atoms with van der Waals surface area (Å²) in [4.78, 5) is 0. The summed E-state index contributed by atoms with van der Waals surface area (Å²) in [6, 6.07) is 63.6. The molecule has 2 unspecified atom stereocenters. The van der Waals surface area contributed by atoms with Crippen LogP contribution >= 0.6 is 0 Å². The molecule has 10 rings (SSSR count). The summed E-state index contributed by atoms with van der Waals surface area (Å²) in [7, 11) is 0. The number of allylic oxidation sites excluding steroid dienone is 2. The maximum Gasteiger partial charge on any atom is 0.0690 e. The van der Waals surface area contributed by atoms with Gasteiger partial charge in [0, 0.05) is 55.3 Å². The van der Waals surface area contributed by atoms with Crippen LogP contribution in [-0.2, 0) is 56.6 Å². The van der Waals surface area contributed by atoms with Crippen molar-refractivity contribution in [2.24, 2.45) is 0 Å². The van der Waals surface area contributed by atoms with E-state index in [4.69, 9.17) is 0 Å². The average Bonchev–Trinajstić information content (AvgIpc) is 3.83. The SMILES string of the molecule is OCc1c(C2C(c3ccccc3)=Cc3ccccc32)ccc2ccccc12.OCc1c(C2C(c3ccccc3)=Cc3ccccc32)ccc2ccccc12.[Cl-].[Cl-].[Ti].[Ti]. The first-order valence-electron chi connectivity index (χ1n) is 18.7. The van der Waals surface area contributed by atoms with Crippen LogP contribution in [0.2, 0.25) is 0 Å². The van der Waals surface area contributed by atoms with E-state index in [9.17, 15) is 10.2 Å². The Morgan fingerprint density at radius 3 is 1.09 bits per heavy atom. The molecule has 0 aromatic heterocycles. The van der Waals surface area contributed by atoms with E-state index in [-0.39, 0.29) is 93.3 Å². The third kappa shape index (κ3) is 8.41. The van der Waals surface area contributed by atoms with Crippen molar-refractivity contribution < 1.29 is 78.5 Å². The second-order valence-electron chi connectivity index (χ2n) is 14.1. The molecule has 0 spiro atoms. The molecular weight excluding hydrogens is 823 g/mol. The number of benzene rings is 8. The second kappa shape index (κ2) is 20.1. The van der Waals surface area contributed by atoms with E-state index in [1.54, 1.807) is 0 Å². The Morgan fingerprint density at radius 2 is 0.690 bits per heavy atom. The van der Waals surface area contributed by atoms with E-state index < -0.39 is 0 Å². The monoisotopic (exact) mass is 862 g/mol. The van der Waals surface area contributed by atoms with Gasteiger partial charge in [0.05, 0.1) is 13.2 Å². The van der Waals surface area contributed by atoms with Gasteiger partial charge in [-0.3, -0.25) is 0 Å². The van der Waals surface area contributed by atoms with Gasteiger partial charge in [-0.15, -0.1) is 0 Å². The zero-order valence-electron chi connectivity index (χ0n) is 31.7. The van der Waals surface area contributed by atoms with Crippen molar-refractivity contribution >= 4 is 44.8 Å². The zero-order valence-corrected chi connectivity index (χ0v) is 36.3. The molecule has 58 heavy (non-hydrogen) atoms. The zero-order chi connectivity index (χ0) is 36.4. The fourth-order valence-electron chi connectivity index (χ4n) is 8.68. The Balaban J connectivity index is 0.000000207. The van der Waals surface area contributed by atoms with Crippen LogP contribution in [0, 0.1) is 0 Å². The van der Waals surface area contributed by atoms with E-state index in [0.717, 1.165) is 21.9 Å². The van der Waals surface area contributed by atoms with Crippen molar-refractivity contribution in [3.05, 3.63) is 238 Å². The van der Waals surface area contributed by atoms with Gasteiger partial charge in [-0.05, 0) is 100 Å². The molecule has 8 aromatic carbocycles. The summed E-state index contributed by atoms with van der Waals surface area (Å²) in [5.41, 5.74) is 14.6. The van der Waals surface area contributed by atoms with Crippen molar-refractivity contribution in [3.8, 4) is 0 Å². The van der Waals surface area contributed by atoms with Crippen molar-refractivity contribution in [1.29, 1.82) is 0 Å². The smallest absolute Gasteiger partial charge is 0.0690 e. The number of rotatable bonds is 6. The molecule has 2 aliphatic carbocycles. The predicted octanol–water partition coefficient (Wildman–Crippen LogP) is 6.04. The van der Waals surface area contributed by atoms with Gasteiger partial charge in [-0.25, -0.2) is 0 Å². The largest absolute Gasteiger partial charge is 1.00 e. The molecule has 0 saturated carbocycles. The van der Waals surface area contributed by atoms with Crippen LogP contribution in [0.4, 0.5) is 0 Å². The van der Waals surface area contributed by atoms with Crippen molar-refractivity contribution in [1.82, 2.24) is 0 Å². The van der Waals surface area contributed by atoms with E-state index >= 15 is 0 Å². The summed E-state index contributed by atoms with van der Waals surface area (Å²) < 4.78 is 0. The van der Waals surface area contributed by atoms with Crippen molar-refractivity contribution in [2.75, 3.05) is 0 Å².